The fourth-order valence-electron chi connectivity index (χ4n) is 4.18. The summed E-state index contributed by atoms with van der Waals surface area (Å²) in [5, 5.41) is 12.9. The van der Waals surface area contributed by atoms with Crippen LogP contribution >= 0.6 is 0 Å². The van der Waals surface area contributed by atoms with Crippen LogP contribution in [0.1, 0.15) is 32.0 Å². The smallest absolute Gasteiger partial charge is 0.229 e. The van der Waals surface area contributed by atoms with E-state index in [1.165, 1.54) is 0 Å². The number of hydrogen-bond acceptors (Lipinski definition) is 4. The van der Waals surface area contributed by atoms with E-state index in [1.807, 2.05) is 69.1 Å². The Morgan fingerprint density at radius 1 is 0.889 bits per heavy atom. The van der Waals surface area contributed by atoms with Gasteiger partial charge in [-0.25, -0.2) is 0 Å². The number of amides is 1. The Hall–Kier alpha value is -4.26. The molecule has 1 N–H and O–H groups in total. The van der Waals surface area contributed by atoms with Crippen LogP contribution in [0.25, 0.3) is 33.2 Å². The number of rotatable bonds is 5. The van der Waals surface area contributed by atoms with E-state index in [9.17, 15) is 4.79 Å². The zero-order valence-corrected chi connectivity index (χ0v) is 21.3. The van der Waals surface area contributed by atoms with Crippen molar-refractivity contribution in [2.24, 2.45) is 14.1 Å². The minimum absolute atomic E-state index is 0.0680. The molecule has 5 rings (SSSR count). The molecule has 0 bridgehead atoms. The summed E-state index contributed by atoms with van der Waals surface area (Å²) in [6.45, 7) is 6.31. The predicted molar refractivity (Wildman–Crippen MR) is 144 cm³/mol. The van der Waals surface area contributed by atoms with Crippen LogP contribution in [0, 0.1) is 0 Å². The molecule has 0 aliphatic rings. The Morgan fingerprint density at radius 3 is 2.28 bits per heavy atom. The Morgan fingerprint density at radius 2 is 1.61 bits per heavy atom. The molecule has 3 heterocycles. The highest BCUT2D eigenvalue weighted by molar-refractivity contribution is 5.92. The normalized spacial score (nSPS) is 11.7. The van der Waals surface area contributed by atoms with Gasteiger partial charge in [0.05, 0.1) is 23.8 Å². The molecular formula is C29H30N6O. The highest BCUT2D eigenvalue weighted by atomic mass is 16.1. The molecule has 1 amide bonds. The van der Waals surface area contributed by atoms with Gasteiger partial charge in [0, 0.05) is 54.5 Å². The lowest BCUT2D eigenvalue weighted by molar-refractivity contribution is -0.115. The highest BCUT2D eigenvalue weighted by Gasteiger charge is 2.19. The van der Waals surface area contributed by atoms with Gasteiger partial charge in [0.1, 0.15) is 5.82 Å². The first-order valence-electron chi connectivity index (χ1n) is 12.0. The third-order valence-electron chi connectivity index (χ3n) is 6.29. The number of aromatic nitrogens is 5. The van der Waals surface area contributed by atoms with E-state index in [0.29, 0.717) is 12.2 Å². The summed E-state index contributed by atoms with van der Waals surface area (Å²) < 4.78 is 3.52. The van der Waals surface area contributed by atoms with Gasteiger partial charge >= 0.3 is 0 Å². The van der Waals surface area contributed by atoms with Gasteiger partial charge in [0.25, 0.3) is 0 Å². The van der Waals surface area contributed by atoms with Crippen molar-refractivity contribution in [3.63, 3.8) is 0 Å². The minimum Gasteiger partial charge on any atom is -0.311 e. The van der Waals surface area contributed by atoms with Gasteiger partial charge in [0.15, 0.2) is 0 Å². The lowest BCUT2D eigenvalue weighted by Gasteiger charge is -2.13. The molecule has 0 radical (unpaired) electrons. The molecule has 0 atom stereocenters. The van der Waals surface area contributed by atoms with Gasteiger partial charge in [-0.05, 0) is 34.9 Å². The van der Waals surface area contributed by atoms with Crippen molar-refractivity contribution >= 4 is 22.6 Å². The Balaban J connectivity index is 1.31. The molecule has 3 aromatic heterocycles. The average Bonchev–Trinajstić information content (AvgIpc) is 3.44. The van der Waals surface area contributed by atoms with Crippen LogP contribution in [-0.4, -0.2) is 30.5 Å². The third-order valence-corrected chi connectivity index (χ3v) is 6.29. The number of hydrogen-bond donors (Lipinski definition) is 1. The maximum Gasteiger partial charge on any atom is 0.229 e. The fraction of sp³-hybridized carbons (Fsp3) is 0.241. The van der Waals surface area contributed by atoms with Gasteiger partial charge in [-0.2, -0.15) is 10.2 Å². The van der Waals surface area contributed by atoms with Crippen LogP contribution in [0.3, 0.4) is 0 Å². The van der Waals surface area contributed by atoms with E-state index >= 15 is 0 Å². The number of nitrogens with zero attached hydrogens (tertiary/aromatic N) is 5. The molecule has 0 aliphatic heterocycles. The van der Waals surface area contributed by atoms with Crippen molar-refractivity contribution < 1.29 is 4.79 Å². The van der Waals surface area contributed by atoms with E-state index in [0.717, 1.165) is 44.4 Å². The van der Waals surface area contributed by atoms with Crippen molar-refractivity contribution in [2.75, 3.05) is 5.32 Å². The van der Waals surface area contributed by atoms with E-state index in [4.69, 9.17) is 0 Å². The first kappa shape index (κ1) is 23.5. The number of anilines is 1. The summed E-state index contributed by atoms with van der Waals surface area (Å²) in [4.78, 5) is 17.3. The Bertz CT molecular complexity index is 1550. The molecule has 0 saturated carbocycles. The number of carbonyl (C=O) groups excluding carboxylic acids is 1. The standard InChI is InChI=1S/C29H30N6O/c1-29(2,3)26-15-27(35(5)33-26)32-28(36)12-19-6-8-20(9-7-19)23-14-22-13-21(10-11-25(22)30-16-23)24-17-31-34(4)18-24/h6-11,13-18H,12H2,1-5H3,(H,32,36). The zero-order chi connectivity index (χ0) is 25.4. The van der Waals surface area contributed by atoms with Crippen molar-refractivity contribution in [1.82, 2.24) is 24.5 Å². The molecule has 0 saturated heterocycles. The molecule has 0 unspecified atom stereocenters. The van der Waals surface area contributed by atoms with E-state index in [1.54, 1.807) is 9.36 Å². The second-order valence-corrected chi connectivity index (χ2v) is 10.2. The number of carbonyl (C=O) groups is 1. The number of fused-ring (bicyclic) bond motifs is 1. The third kappa shape index (κ3) is 4.91. The topological polar surface area (TPSA) is 77.6 Å². The van der Waals surface area contributed by atoms with Crippen molar-refractivity contribution in [1.29, 1.82) is 0 Å². The molecule has 7 heteroatoms. The number of nitrogens with one attached hydrogen (secondary N) is 1. The maximum absolute atomic E-state index is 12.7. The van der Waals surface area contributed by atoms with Gasteiger partial charge in [-0.1, -0.05) is 51.1 Å². The summed E-state index contributed by atoms with van der Waals surface area (Å²) in [5.74, 6) is 0.635. The minimum atomic E-state index is -0.0749. The number of aryl methyl sites for hydroxylation is 2. The summed E-state index contributed by atoms with van der Waals surface area (Å²) in [6, 6.07) is 18.4. The van der Waals surface area contributed by atoms with Gasteiger partial charge < -0.3 is 5.32 Å². The molecule has 36 heavy (non-hydrogen) atoms. The monoisotopic (exact) mass is 478 g/mol. The molecule has 0 spiro atoms. The molecule has 0 fully saturated rings. The second kappa shape index (κ2) is 9.07. The lowest BCUT2D eigenvalue weighted by atomic mass is 9.92. The lowest BCUT2D eigenvalue weighted by Crippen LogP contribution is -2.16. The molecule has 0 aliphatic carbocycles. The van der Waals surface area contributed by atoms with Crippen molar-refractivity contribution in [3.05, 3.63) is 84.4 Å². The molecule has 2 aromatic carbocycles. The Kier molecular flexibility index (Phi) is 5.92. The summed E-state index contributed by atoms with van der Waals surface area (Å²) in [6.07, 6.45) is 6.06. The average molecular weight is 479 g/mol. The summed E-state index contributed by atoms with van der Waals surface area (Å²) >= 11 is 0. The van der Waals surface area contributed by atoms with Crippen LogP contribution in [0.5, 0.6) is 0 Å². The Labute approximate surface area is 210 Å². The number of pyridine rings is 1. The van der Waals surface area contributed by atoms with E-state index < -0.39 is 0 Å². The van der Waals surface area contributed by atoms with Crippen LogP contribution in [-0.2, 0) is 30.7 Å². The molecule has 7 nitrogen and oxygen atoms in total. The summed E-state index contributed by atoms with van der Waals surface area (Å²) in [5.41, 5.74) is 7.04. The molecule has 5 aromatic rings. The SMILES string of the molecule is Cn1cc(-c2ccc3ncc(-c4ccc(CC(=O)Nc5cc(C(C)(C)C)nn5C)cc4)cc3c2)cn1. The predicted octanol–water partition coefficient (Wildman–Crippen LogP) is 5.51. The van der Waals surface area contributed by atoms with Crippen molar-refractivity contribution in [2.45, 2.75) is 32.6 Å². The quantitative estimate of drug-likeness (QED) is 0.361. The van der Waals surface area contributed by atoms with Gasteiger partial charge in [-0.3, -0.25) is 19.1 Å². The highest BCUT2D eigenvalue weighted by Crippen LogP contribution is 2.28. The largest absolute Gasteiger partial charge is 0.311 e. The maximum atomic E-state index is 12.7. The van der Waals surface area contributed by atoms with E-state index in [-0.39, 0.29) is 11.3 Å². The second-order valence-electron chi connectivity index (χ2n) is 10.2. The van der Waals surface area contributed by atoms with E-state index in [2.05, 4.69) is 59.5 Å². The molecule has 182 valence electrons. The first-order chi connectivity index (χ1) is 17.2. The van der Waals surface area contributed by atoms with Gasteiger partial charge in [-0.15, -0.1) is 0 Å². The van der Waals surface area contributed by atoms with Gasteiger partial charge in [0.2, 0.25) is 5.91 Å². The zero-order valence-electron chi connectivity index (χ0n) is 21.3. The molecular weight excluding hydrogens is 448 g/mol. The van der Waals surface area contributed by atoms with Crippen LogP contribution < -0.4 is 5.32 Å². The summed E-state index contributed by atoms with van der Waals surface area (Å²) in [7, 11) is 3.76. The van der Waals surface area contributed by atoms with Crippen LogP contribution in [0.4, 0.5) is 5.82 Å². The first-order valence-corrected chi connectivity index (χ1v) is 12.0. The van der Waals surface area contributed by atoms with Crippen molar-refractivity contribution in [3.8, 4) is 22.3 Å². The van der Waals surface area contributed by atoms with Crippen LogP contribution in [0.15, 0.2) is 73.2 Å². The fourth-order valence-corrected chi connectivity index (χ4v) is 4.18. The van der Waals surface area contributed by atoms with Crippen LogP contribution in [0.2, 0.25) is 0 Å². The number of benzene rings is 2.